The highest BCUT2D eigenvalue weighted by atomic mass is 16.7. The van der Waals surface area contributed by atoms with E-state index in [1.165, 1.54) is 20.5 Å². The van der Waals surface area contributed by atoms with Gasteiger partial charge in [-0.3, -0.25) is 4.79 Å². The van der Waals surface area contributed by atoms with E-state index in [1.54, 1.807) is 24.3 Å². The van der Waals surface area contributed by atoms with E-state index in [4.69, 9.17) is 27.8 Å². The van der Waals surface area contributed by atoms with Crippen LogP contribution in [0.3, 0.4) is 0 Å². The third kappa shape index (κ3) is 2.08. The van der Waals surface area contributed by atoms with Gasteiger partial charge in [0.1, 0.15) is 5.39 Å². The van der Waals surface area contributed by atoms with Crippen molar-refractivity contribution < 1.29 is 32.9 Å². The van der Waals surface area contributed by atoms with E-state index in [-0.39, 0.29) is 46.4 Å². The Labute approximate surface area is 157 Å². The number of fused-ring (bicyclic) bond motifs is 4. The zero-order chi connectivity index (χ0) is 19.4. The molecule has 1 aliphatic rings. The molecule has 1 aliphatic heterocycles. The second kappa shape index (κ2) is 5.85. The van der Waals surface area contributed by atoms with Gasteiger partial charge in [0.2, 0.25) is 23.7 Å². The number of phenolic OH excluding ortho intramolecular Hbond substituents is 1. The Kier molecular flexibility index (Phi) is 3.42. The summed E-state index contributed by atoms with van der Waals surface area (Å²) in [4.78, 5) is 13.2. The zero-order valence-electron chi connectivity index (χ0n) is 14.9. The van der Waals surface area contributed by atoms with Crippen molar-refractivity contribution in [2.24, 2.45) is 0 Å². The maximum Gasteiger partial charge on any atom is 0.239 e. The van der Waals surface area contributed by atoms with Gasteiger partial charge in [-0.25, -0.2) is 0 Å². The summed E-state index contributed by atoms with van der Waals surface area (Å²) in [7, 11) is 2.74. The van der Waals surface area contributed by atoms with E-state index in [0.717, 1.165) is 0 Å². The molecular weight excluding hydrogens is 368 g/mol. The van der Waals surface area contributed by atoms with Gasteiger partial charge in [-0.15, -0.1) is 0 Å². The fourth-order valence-corrected chi connectivity index (χ4v) is 3.41. The molecule has 8 heteroatoms. The first-order chi connectivity index (χ1) is 13.6. The molecule has 0 bridgehead atoms. The minimum Gasteiger partial charge on any atom is -0.504 e. The van der Waals surface area contributed by atoms with Crippen LogP contribution < -0.4 is 24.4 Å². The van der Waals surface area contributed by atoms with Crippen LogP contribution in [-0.2, 0) is 0 Å². The smallest absolute Gasteiger partial charge is 0.239 e. The normalized spacial score (nSPS) is 12.6. The first kappa shape index (κ1) is 16.4. The first-order valence-electron chi connectivity index (χ1n) is 8.35. The molecule has 0 aliphatic carbocycles. The van der Waals surface area contributed by atoms with Crippen molar-refractivity contribution in [3.8, 4) is 40.1 Å². The van der Waals surface area contributed by atoms with Crippen LogP contribution in [-0.4, -0.2) is 26.1 Å². The van der Waals surface area contributed by atoms with Crippen molar-refractivity contribution in [2.45, 2.75) is 0 Å². The molecule has 5 rings (SSSR count). The quantitative estimate of drug-likeness (QED) is 0.573. The van der Waals surface area contributed by atoms with Gasteiger partial charge >= 0.3 is 0 Å². The number of rotatable bonds is 3. The molecule has 0 amide bonds. The second-order valence-corrected chi connectivity index (χ2v) is 6.11. The molecule has 2 aromatic carbocycles. The third-order valence-corrected chi connectivity index (χ3v) is 4.68. The van der Waals surface area contributed by atoms with Gasteiger partial charge in [0.25, 0.3) is 0 Å². The molecule has 8 nitrogen and oxygen atoms in total. The van der Waals surface area contributed by atoms with Crippen molar-refractivity contribution in [2.75, 3.05) is 21.0 Å². The monoisotopic (exact) mass is 382 g/mol. The van der Waals surface area contributed by atoms with E-state index in [9.17, 15) is 9.90 Å². The van der Waals surface area contributed by atoms with Crippen LogP contribution in [0.15, 0.2) is 44.2 Å². The molecule has 3 heterocycles. The van der Waals surface area contributed by atoms with Gasteiger partial charge in [-0.1, -0.05) is 0 Å². The lowest BCUT2D eigenvalue weighted by atomic mass is 10.1. The number of furan rings is 1. The minimum atomic E-state index is -0.532. The summed E-state index contributed by atoms with van der Waals surface area (Å²) in [6.45, 7) is 0.126. The molecule has 28 heavy (non-hydrogen) atoms. The third-order valence-electron chi connectivity index (χ3n) is 4.68. The van der Waals surface area contributed by atoms with Crippen LogP contribution in [0.2, 0.25) is 0 Å². The molecule has 0 saturated carbocycles. The van der Waals surface area contributed by atoms with Crippen molar-refractivity contribution in [1.82, 2.24) is 0 Å². The average molecular weight is 382 g/mol. The zero-order valence-corrected chi connectivity index (χ0v) is 14.9. The Bertz CT molecular complexity index is 1300. The van der Waals surface area contributed by atoms with Crippen LogP contribution in [0, 0.1) is 0 Å². The van der Waals surface area contributed by atoms with Crippen LogP contribution in [0.25, 0.3) is 33.3 Å². The summed E-state index contributed by atoms with van der Waals surface area (Å²) >= 11 is 0. The molecule has 0 radical (unpaired) electrons. The molecule has 2 aromatic heterocycles. The number of phenols is 1. The van der Waals surface area contributed by atoms with E-state index >= 15 is 0 Å². The van der Waals surface area contributed by atoms with Gasteiger partial charge in [-0.2, -0.15) is 0 Å². The van der Waals surface area contributed by atoms with Crippen molar-refractivity contribution in [3.05, 3.63) is 40.8 Å². The topological polar surface area (TPSA) is 100 Å². The molecule has 0 unspecified atom stereocenters. The Balaban J connectivity index is 1.90. The summed E-state index contributed by atoms with van der Waals surface area (Å²) in [6.07, 6.45) is 1.43. The highest BCUT2D eigenvalue weighted by molar-refractivity contribution is 6.09. The van der Waals surface area contributed by atoms with Gasteiger partial charge in [0.15, 0.2) is 34.2 Å². The number of aromatic hydroxyl groups is 1. The summed E-state index contributed by atoms with van der Waals surface area (Å²) < 4.78 is 32.8. The molecule has 0 spiro atoms. The standard InChI is InChI=1S/C20H14O8/c1-23-19-14(21)13-15(22)20(24-2)18-10(5-6-25-18)17(13)28-16(19)9-3-4-11-12(7-9)27-8-26-11/h3-7,22H,8H2,1-2H3. The molecule has 1 N–H and O–H groups in total. The number of ether oxygens (including phenoxy) is 4. The Morgan fingerprint density at radius 3 is 2.57 bits per heavy atom. The van der Waals surface area contributed by atoms with Crippen LogP contribution >= 0.6 is 0 Å². The number of benzene rings is 2. The summed E-state index contributed by atoms with van der Waals surface area (Å²) in [5, 5.41) is 11.1. The van der Waals surface area contributed by atoms with E-state index in [1.807, 2.05) is 0 Å². The molecule has 4 aromatic rings. The van der Waals surface area contributed by atoms with E-state index in [2.05, 4.69) is 0 Å². The molecule has 0 saturated heterocycles. The molecule has 142 valence electrons. The predicted octanol–water partition coefficient (Wildman–Crippen LogP) is 3.66. The van der Waals surface area contributed by atoms with Gasteiger partial charge in [0.05, 0.1) is 25.9 Å². The van der Waals surface area contributed by atoms with Crippen LogP contribution in [0.4, 0.5) is 0 Å². The Morgan fingerprint density at radius 1 is 1.00 bits per heavy atom. The minimum absolute atomic E-state index is 0.0490. The van der Waals surface area contributed by atoms with Gasteiger partial charge in [-0.05, 0) is 24.3 Å². The summed E-state index contributed by atoms with van der Waals surface area (Å²) in [5.41, 5.74) is 0.473. The largest absolute Gasteiger partial charge is 0.504 e. The average Bonchev–Trinajstić information content (AvgIpc) is 3.36. The van der Waals surface area contributed by atoms with Crippen LogP contribution in [0.1, 0.15) is 0 Å². The van der Waals surface area contributed by atoms with E-state index in [0.29, 0.717) is 22.4 Å². The van der Waals surface area contributed by atoms with Crippen LogP contribution in [0.5, 0.6) is 28.7 Å². The predicted molar refractivity (Wildman–Crippen MR) is 98.6 cm³/mol. The van der Waals surface area contributed by atoms with Gasteiger partial charge < -0.3 is 32.9 Å². The maximum absolute atomic E-state index is 13.2. The Morgan fingerprint density at radius 2 is 1.79 bits per heavy atom. The molecular formula is C20H14O8. The van der Waals surface area contributed by atoms with Crippen molar-refractivity contribution in [3.63, 3.8) is 0 Å². The van der Waals surface area contributed by atoms with Crippen molar-refractivity contribution >= 4 is 21.9 Å². The number of hydrogen-bond acceptors (Lipinski definition) is 8. The maximum atomic E-state index is 13.2. The highest BCUT2D eigenvalue weighted by Crippen LogP contribution is 2.45. The fraction of sp³-hybridized carbons (Fsp3) is 0.150. The second-order valence-electron chi connectivity index (χ2n) is 6.11. The first-order valence-corrected chi connectivity index (χ1v) is 8.35. The fourth-order valence-electron chi connectivity index (χ4n) is 3.41. The van der Waals surface area contributed by atoms with Gasteiger partial charge in [0, 0.05) is 5.56 Å². The summed E-state index contributed by atoms with van der Waals surface area (Å²) in [5.74, 6) is 0.970. The SMILES string of the molecule is COc1c(-c2ccc3c(c2)OCO3)oc2c(c(O)c(OC)c3occc32)c1=O. The van der Waals surface area contributed by atoms with Crippen molar-refractivity contribution in [1.29, 1.82) is 0 Å². The Hall–Kier alpha value is -3.81. The summed E-state index contributed by atoms with van der Waals surface area (Å²) in [6, 6.07) is 6.79. The lowest BCUT2D eigenvalue weighted by Gasteiger charge is -2.12. The number of hydrogen-bond donors (Lipinski definition) is 1. The van der Waals surface area contributed by atoms with E-state index < -0.39 is 5.43 Å². The lowest BCUT2D eigenvalue weighted by Crippen LogP contribution is -2.08. The number of methoxy groups -OCH3 is 2. The molecule has 0 atom stereocenters. The highest BCUT2D eigenvalue weighted by Gasteiger charge is 2.26. The molecule has 0 fully saturated rings. The lowest BCUT2D eigenvalue weighted by molar-refractivity contribution is 0.174.